The highest BCUT2D eigenvalue weighted by Gasteiger charge is 2.19. The molecule has 10 aromatic carbocycles. The van der Waals surface area contributed by atoms with Gasteiger partial charge in [0.15, 0.2) is 0 Å². The first-order chi connectivity index (χ1) is 26.8. The number of hydrogen-bond donors (Lipinski definition) is 0. The first-order valence-corrected chi connectivity index (χ1v) is 19.3. The third-order valence-corrected chi connectivity index (χ3v) is 12.6. The molecule has 0 saturated heterocycles. The van der Waals surface area contributed by atoms with Gasteiger partial charge in [0.1, 0.15) is 11.2 Å². The molecule has 12 aromatic rings. The van der Waals surface area contributed by atoms with Crippen molar-refractivity contribution in [2.45, 2.75) is 0 Å². The van der Waals surface area contributed by atoms with Crippen LogP contribution < -0.4 is 0 Å². The number of furan rings is 1. The van der Waals surface area contributed by atoms with Gasteiger partial charge in [0.05, 0.1) is 0 Å². The lowest BCUT2D eigenvalue weighted by molar-refractivity contribution is 0.673. The maximum atomic E-state index is 6.42. The van der Waals surface area contributed by atoms with E-state index in [0.717, 1.165) is 11.2 Å². The third-order valence-electron chi connectivity index (χ3n) is 11.4. The highest BCUT2D eigenvalue weighted by atomic mass is 32.1. The van der Waals surface area contributed by atoms with Gasteiger partial charge in [-0.2, -0.15) is 0 Å². The Balaban J connectivity index is 1.04. The molecule has 0 spiro atoms. The largest absolute Gasteiger partial charge is 0.455 e. The number of thiophene rings is 1. The van der Waals surface area contributed by atoms with E-state index in [0.29, 0.717) is 0 Å². The summed E-state index contributed by atoms with van der Waals surface area (Å²) in [5, 5.41) is 14.9. The van der Waals surface area contributed by atoms with Crippen molar-refractivity contribution in [3.63, 3.8) is 0 Å². The lowest BCUT2D eigenvalue weighted by atomic mass is 9.84. The smallest absolute Gasteiger partial charge is 0.143 e. The molecular formula is C52H30OS. The van der Waals surface area contributed by atoms with Crippen LogP contribution in [0.4, 0.5) is 0 Å². The number of hydrogen-bond acceptors (Lipinski definition) is 2. The minimum atomic E-state index is 0.935. The van der Waals surface area contributed by atoms with E-state index in [-0.39, 0.29) is 0 Å². The number of benzene rings is 10. The van der Waals surface area contributed by atoms with E-state index in [1.807, 2.05) is 17.4 Å². The van der Waals surface area contributed by atoms with Crippen LogP contribution in [0.3, 0.4) is 0 Å². The Hall–Kier alpha value is -6.74. The van der Waals surface area contributed by atoms with Gasteiger partial charge in [-0.15, -0.1) is 11.3 Å². The molecule has 12 rings (SSSR count). The van der Waals surface area contributed by atoms with Crippen molar-refractivity contribution < 1.29 is 4.42 Å². The van der Waals surface area contributed by atoms with E-state index in [1.165, 1.54) is 107 Å². The molecule has 0 amide bonds. The Morgan fingerprint density at radius 1 is 0.315 bits per heavy atom. The van der Waals surface area contributed by atoms with Gasteiger partial charge in [0, 0.05) is 36.3 Å². The van der Waals surface area contributed by atoms with Gasteiger partial charge >= 0.3 is 0 Å². The van der Waals surface area contributed by atoms with Crippen LogP contribution in [-0.4, -0.2) is 0 Å². The molecule has 0 atom stereocenters. The normalized spacial score (nSPS) is 12.1. The van der Waals surface area contributed by atoms with Crippen LogP contribution >= 0.6 is 11.3 Å². The molecule has 0 aliphatic rings. The van der Waals surface area contributed by atoms with Gasteiger partial charge in [-0.25, -0.2) is 0 Å². The molecule has 250 valence electrons. The SMILES string of the molecule is c1cc(-c2ccc3sc4cc5c(ccc6c7ccccc7oc56)cc4c3c2)cc(-c2c3ccccc3c(-c3cccc4ccccc34)c3ccccc23)c1. The topological polar surface area (TPSA) is 13.1 Å². The van der Waals surface area contributed by atoms with E-state index in [2.05, 4.69) is 176 Å². The second-order valence-electron chi connectivity index (χ2n) is 14.4. The van der Waals surface area contributed by atoms with Crippen LogP contribution in [0, 0.1) is 0 Å². The molecule has 0 unspecified atom stereocenters. The van der Waals surface area contributed by atoms with Crippen molar-refractivity contribution in [3.05, 3.63) is 182 Å². The number of rotatable bonds is 3. The first kappa shape index (κ1) is 29.8. The molecule has 0 aliphatic heterocycles. The minimum Gasteiger partial charge on any atom is -0.455 e. The summed E-state index contributed by atoms with van der Waals surface area (Å²) in [6, 6.07) is 66.9. The number of fused-ring (bicyclic) bond motifs is 11. The van der Waals surface area contributed by atoms with E-state index >= 15 is 0 Å². The van der Waals surface area contributed by atoms with Crippen molar-refractivity contribution in [2.75, 3.05) is 0 Å². The van der Waals surface area contributed by atoms with E-state index < -0.39 is 0 Å². The molecular weight excluding hydrogens is 673 g/mol. The number of para-hydroxylation sites is 1. The monoisotopic (exact) mass is 702 g/mol. The van der Waals surface area contributed by atoms with Crippen molar-refractivity contribution in [1.82, 2.24) is 0 Å². The molecule has 0 saturated carbocycles. The van der Waals surface area contributed by atoms with Crippen molar-refractivity contribution in [1.29, 1.82) is 0 Å². The maximum absolute atomic E-state index is 6.42. The van der Waals surface area contributed by atoms with Crippen molar-refractivity contribution in [2.24, 2.45) is 0 Å². The van der Waals surface area contributed by atoms with Crippen LogP contribution in [-0.2, 0) is 0 Å². The van der Waals surface area contributed by atoms with Gasteiger partial charge in [0.2, 0.25) is 0 Å². The standard InChI is InChI=1S/C52H30OS/c1-2-15-36-31(11-1)12-10-21-38(36)51-41-19-5-3-17-39(41)50(40-18-4-6-20-42(40)51)35-14-9-13-32(27-35)33-24-26-48-45(28-33)46-29-34-23-25-43-37-16-7-8-22-47(37)53-52(43)44(34)30-49(46)54-48/h1-30H. The van der Waals surface area contributed by atoms with Crippen LogP contribution in [0.2, 0.25) is 0 Å². The summed E-state index contributed by atoms with van der Waals surface area (Å²) in [5.74, 6) is 0. The Labute approximate surface area is 314 Å². The van der Waals surface area contributed by atoms with Crippen LogP contribution in [0.1, 0.15) is 0 Å². The fourth-order valence-corrected chi connectivity index (χ4v) is 10.1. The molecule has 1 nitrogen and oxygen atoms in total. The Kier molecular flexibility index (Phi) is 6.28. The summed E-state index contributed by atoms with van der Waals surface area (Å²) in [5.41, 5.74) is 9.40. The zero-order chi connectivity index (χ0) is 35.3. The summed E-state index contributed by atoms with van der Waals surface area (Å²) >= 11 is 1.86. The Bertz CT molecular complexity index is 3450. The zero-order valence-corrected chi connectivity index (χ0v) is 30.0. The molecule has 2 aromatic heterocycles. The van der Waals surface area contributed by atoms with E-state index in [4.69, 9.17) is 4.42 Å². The molecule has 0 radical (unpaired) electrons. The summed E-state index contributed by atoms with van der Waals surface area (Å²) in [4.78, 5) is 0. The van der Waals surface area contributed by atoms with E-state index in [1.54, 1.807) is 0 Å². The predicted octanol–water partition coefficient (Wildman–Crippen LogP) is 15.6. The molecule has 2 heterocycles. The van der Waals surface area contributed by atoms with Crippen LogP contribution in [0.25, 0.3) is 119 Å². The van der Waals surface area contributed by atoms with Gasteiger partial charge in [-0.05, 0) is 114 Å². The Morgan fingerprint density at radius 3 is 1.76 bits per heavy atom. The zero-order valence-electron chi connectivity index (χ0n) is 29.1. The minimum absolute atomic E-state index is 0.935. The second kappa shape index (κ2) is 11.4. The molecule has 0 N–H and O–H groups in total. The average molecular weight is 703 g/mol. The fraction of sp³-hybridized carbons (Fsp3) is 0. The second-order valence-corrected chi connectivity index (χ2v) is 15.5. The fourth-order valence-electron chi connectivity index (χ4n) is 8.98. The predicted molar refractivity (Wildman–Crippen MR) is 233 cm³/mol. The van der Waals surface area contributed by atoms with Gasteiger partial charge in [-0.1, -0.05) is 140 Å². The quantitative estimate of drug-likeness (QED) is 0.167. The van der Waals surface area contributed by atoms with Gasteiger partial charge in [-0.3, -0.25) is 0 Å². The highest BCUT2D eigenvalue weighted by molar-refractivity contribution is 7.25. The van der Waals surface area contributed by atoms with Gasteiger partial charge < -0.3 is 4.42 Å². The molecule has 0 aliphatic carbocycles. The summed E-state index contributed by atoms with van der Waals surface area (Å²) < 4.78 is 8.99. The maximum Gasteiger partial charge on any atom is 0.143 e. The van der Waals surface area contributed by atoms with Crippen molar-refractivity contribution >= 4 is 96.5 Å². The molecule has 0 bridgehead atoms. The highest BCUT2D eigenvalue weighted by Crippen LogP contribution is 2.46. The molecule has 2 heteroatoms. The third kappa shape index (κ3) is 4.32. The summed E-state index contributed by atoms with van der Waals surface area (Å²) in [6.07, 6.45) is 0. The molecule has 0 fully saturated rings. The van der Waals surface area contributed by atoms with Crippen molar-refractivity contribution in [3.8, 4) is 33.4 Å². The Morgan fingerprint density at radius 2 is 0.944 bits per heavy atom. The van der Waals surface area contributed by atoms with Gasteiger partial charge in [0.25, 0.3) is 0 Å². The van der Waals surface area contributed by atoms with E-state index in [9.17, 15) is 0 Å². The summed E-state index contributed by atoms with van der Waals surface area (Å²) in [6.45, 7) is 0. The summed E-state index contributed by atoms with van der Waals surface area (Å²) in [7, 11) is 0. The lowest BCUT2D eigenvalue weighted by Crippen LogP contribution is -1.92. The lowest BCUT2D eigenvalue weighted by Gasteiger charge is -2.19. The first-order valence-electron chi connectivity index (χ1n) is 18.5. The molecule has 54 heavy (non-hydrogen) atoms. The van der Waals surface area contributed by atoms with Crippen LogP contribution in [0.15, 0.2) is 186 Å². The average Bonchev–Trinajstić information content (AvgIpc) is 3.79. The van der Waals surface area contributed by atoms with Crippen LogP contribution in [0.5, 0.6) is 0 Å².